The largest absolute Gasteiger partial charge is 0.381 e. The molecule has 2 unspecified atom stereocenters. The summed E-state index contributed by atoms with van der Waals surface area (Å²) in [5.74, 6) is 0.625. The summed E-state index contributed by atoms with van der Waals surface area (Å²) in [6.07, 6.45) is 3.11. The standard InChI is InChI=1S/C17H25NO2/c1-12(2)14-8-5-4-7-13(14)11-18-17(19)15-9-6-10-16(15)20-3/h4-5,7-8,12,15-16H,6,9-11H2,1-3H3,(H,18,19). The van der Waals surface area contributed by atoms with Gasteiger partial charge in [-0.15, -0.1) is 0 Å². The third-order valence-electron chi connectivity index (χ3n) is 4.22. The van der Waals surface area contributed by atoms with Gasteiger partial charge in [-0.3, -0.25) is 4.79 Å². The van der Waals surface area contributed by atoms with E-state index in [1.54, 1.807) is 7.11 Å². The van der Waals surface area contributed by atoms with Gasteiger partial charge >= 0.3 is 0 Å². The maximum atomic E-state index is 12.3. The molecule has 1 aliphatic rings. The Kier molecular flexibility index (Phi) is 5.18. The van der Waals surface area contributed by atoms with Crippen LogP contribution in [-0.4, -0.2) is 19.1 Å². The maximum absolute atomic E-state index is 12.3. The summed E-state index contributed by atoms with van der Waals surface area (Å²) in [6, 6.07) is 8.32. The minimum atomic E-state index is 0.0196. The van der Waals surface area contributed by atoms with Gasteiger partial charge in [0.2, 0.25) is 5.91 Å². The molecule has 20 heavy (non-hydrogen) atoms. The molecule has 110 valence electrons. The van der Waals surface area contributed by atoms with Gasteiger partial charge in [0.05, 0.1) is 12.0 Å². The number of benzene rings is 1. The van der Waals surface area contributed by atoms with E-state index in [1.807, 2.05) is 6.07 Å². The summed E-state index contributed by atoms with van der Waals surface area (Å²) in [4.78, 5) is 12.3. The van der Waals surface area contributed by atoms with Crippen molar-refractivity contribution < 1.29 is 9.53 Å². The van der Waals surface area contributed by atoms with Crippen LogP contribution in [0.2, 0.25) is 0 Å². The van der Waals surface area contributed by atoms with Crippen molar-refractivity contribution in [2.45, 2.75) is 51.7 Å². The van der Waals surface area contributed by atoms with E-state index in [9.17, 15) is 4.79 Å². The third kappa shape index (κ3) is 3.40. The van der Waals surface area contributed by atoms with Crippen LogP contribution in [0.15, 0.2) is 24.3 Å². The van der Waals surface area contributed by atoms with E-state index in [4.69, 9.17) is 4.74 Å². The molecule has 0 aliphatic heterocycles. The Balaban J connectivity index is 1.97. The predicted octanol–water partition coefficient (Wildman–Crippen LogP) is 3.24. The number of rotatable bonds is 5. The fraction of sp³-hybridized carbons (Fsp3) is 0.588. The van der Waals surface area contributed by atoms with Crippen molar-refractivity contribution in [3.8, 4) is 0 Å². The predicted molar refractivity (Wildman–Crippen MR) is 80.5 cm³/mol. The summed E-state index contributed by atoms with van der Waals surface area (Å²) < 4.78 is 5.40. The first kappa shape index (κ1) is 15.0. The monoisotopic (exact) mass is 275 g/mol. The highest BCUT2D eigenvalue weighted by atomic mass is 16.5. The molecule has 1 aromatic carbocycles. The fourth-order valence-electron chi connectivity index (χ4n) is 3.08. The lowest BCUT2D eigenvalue weighted by Crippen LogP contribution is -2.35. The summed E-state index contributed by atoms with van der Waals surface area (Å²) in [7, 11) is 1.70. The Bertz CT molecular complexity index is 456. The summed E-state index contributed by atoms with van der Waals surface area (Å²) >= 11 is 0. The molecule has 2 rings (SSSR count). The molecule has 2 atom stereocenters. The Hall–Kier alpha value is -1.35. The second kappa shape index (κ2) is 6.89. The van der Waals surface area contributed by atoms with Gasteiger partial charge in [0, 0.05) is 13.7 Å². The second-order valence-corrected chi connectivity index (χ2v) is 5.88. The molecule has 1 amide bonds. The normalized spacial score (nSPS) is 22.2. The number of nitrogens with one attached hydrogen (secondary N) is 1. The number of methoxy groups -OCH3 is 1. The van der Waals surface area contributed by atoms with Crippen LogP contribution in [0.1, 0.15) is 50.2 Å². The quantitative estimate of drug-likeness (QED) is 0.896. The van der Waals surface area contributed by atoms with E-state index < -0.39 is 0 Å². The molecular weight excluding hydrogens is 250 g/mol. The van der Waals surface area contributed by atoms with Crippen LogP contribution < -0.4 is 5.32 Å². The van der Waals surface area contributed by atoms with E-state index in [0.29, 0.717) is 12.5 Å². The Morgan fingerprint density at radius 3 is 2.80 bits per heavy atom. The molecule has 0 spiro atoms. The average molecular weight is 275 g/mol. The number of hydrogen-bond acceptors (Lipinski definition) is 2. The van der Waals surface area contributed by atoms with Crippen molar-refractivity contribution in [1.29, 1.82) is 0 Å². The summed E-state index contributed by atoms with van der Waals surface area (Å²) in [6.45, 7) is 4.97. The first-order valence-electron chi connectivity index (χ1n) is 7.51. The topological polar surface area (TPSA) is 38.3 Å². The zero-order valence-electron chi connectivity index (χ0n) is 12.7. The molecular formula is C17H25NO2. The van der Waals surface area contributed by atoms with Crippen LogP contribution >= 0.6 is 0 Å². The highest BCUT2D eigenvalue weighted by Crippen LogP contribution is 2.28. The van der Waals surface area contributed by atoms with Crippen LogP contribution in [-0.2, 0) is 16.1 Å². The first-order valence-corrected chi connectivity index (χ1v) is 7.51. The Morgan fingerprint density at radius 2 is 2.10 bits per heavy atom. The highest BCUT2D eigenvalue weighted by Gasteiger charge is 2.32. The zero-order valence-corrected chi connectivity index (χ0v) is 12.7. The Labute approximate surface area is 121 Å². The van der Waals surface area contributed by atoms with Gasteiger partial charge in [-0.2, -0.15) is 0 Å². The van der Waals surface area contributed by atoms with Crippen LogP contribution in [0.3, 0.4) is 0 Å². The molecule has 3 nitrogen and oxygen atoms in total. The molecule has 1 fully saturated rings. The SMILES string of the molecule is COC1CCCC1C(=O)NCc1ccccc1C(C)C. The second-order valence-electron chi connectivity index (χ2n) is 5.88. The van der Waals surface area contributed by atoms with E-state index in [1.165, 1.54) is 11.1 Å². The van der Waals surface area contributed by atoms with Crippen LogP contribution in [0.5, 0.6) is 0 Å². The molecule has 3 heteroatoms. The molecule has 0 radical (unpaired) electrons. The van der Waals surface area contributed by atoms with Gasteiger partial charge in [0.25, 0.3) is 0 Å². The molecule has 0 aromatic heterocycles. The van der Waals surface area contributed by atoms with Crippen molar-refractivity contribution >= 4 is 5.91 Å². The lowest BCUT2D eigenvalue weighted by atomic mass is 9.97. The lowest BCUT2D eigenvalue weighted by Gasteiger charge is -2.19. The third-order valence-corrected chi connectivity index (χ3v) is 4.22. The van der Waals surface area contributed by atoms with Gasteiger partial charge in [-0.05, 0) is 36.3 Å². The molecule has 1 aromatic rings. The van der Waals surface area contributed by atoms with Gasteiger partial charge in [-0.25, -0.2) is 0 Å². The highest BCUT2D eigenvalue weighted by molar-refractivity contribution is 5.79. The van der Waals surface area contributed by atoms with E-state index >= 15 is 0 Å². The molecule has 0 saturated heterocycles. The number of carbonyl (C=O) groups is 1. The lowest BCUT2D eigenvalue weighted by molar-refractivity contribution is -0.128. The first-order chi connectivity index (χ1) is 9.63. The maximum Gasteiger partial charge on any atom is 0.225 e. The minimum absolute atomic E-state index is 0.0196. The van der Waals surface area contributed by atoms with E-state index in [0.717, 1.165) is 19.3 Å². The number of carbonyl (C=O) groups excluding carboxylic acids is 1. The van der Waals surface area contributed by atoms with Gasteiger partial charge < -0.3 is 10.1 Å². The molecule has 0 bridgehead atoms. The van der Waals surface area contributed by atoms with Crippen molar-refractivity contribution in [1.82, 2.24) is 5.32 Å². The smallest absolute Gasteiger partial charge is 0.225 e. The average Bonchev–Trinajstić information content (AvgIpc) is 2.93. The minimum Gasteiger partial charge on any atom is -0.381 e. The van der Waals surface area contributed by atoms with E-state index in [-0.39, 0.29) is 17.9 Å². The Morgan fingerprint density at radius 1 is 1.35 bits per heavy atom. The van der Waals surface area contributed by atoms with Gasteiger partial charge in [-0.1, -0.05) is 38.1 Å². The zero-order chi connectivity index (χ0) is 14.5. The van der Waals surface area contributed by atoms with Gasteiger partial charge in [0.15, 0.2) is 0 Å². The number of amides is 1. The van der Waals surface area contributed by atoms with Crippen molar-refractivity contribution in [2.24, 2.45) is 5.92 Å². The van der Waals surface area contributed by atoms with Crippen LogP contribution in [0.4, 0.5) is 0 Å². The van der Waals surface area contributed by atoms with Gasteiger partial charge in [0.1, 0.15) is 0 Å². The van der Waals surface area contributed by atoms with Crippen LogP contribution in [0, 0.1) is 5.92 Å². The molecule has 0 heterocycles. The fourth-order valence-corrected chi connectivity index (χ4v) is 3.08. The number of ether oxygens (including phenoxy) is 1. The molecule has 1 saturated carbocycles. The van der Waals surface area contributed by atoms with Crippen molar-refractivity contribution in [3.63, 3.8) is 0 Å². The molecule has 1 N–H and O–H groups in total. The summed E-state index contributed by atoms with van der Waals surface area (Å²) in [5.41, 5.74) is 2.52. The van der Waals surface area contributed by atoms with Crippen LogP contribution in [0.25, 0.3) is 0 Å². The molecule has 1 aliphatic carbocycles. The van der Waals surface area contributed by atoms with E-state index in [2.05, 4.69) is 37.4 Å². The number of hydrogen-bond donors (Lipinski definition) is 1. The summed E-state index contributed by atoms with van der Waals surface area (Å²) in [5, 5.41) is 3.08. The van der Waals surface area contributed by atoms with Crippen molar-refractivity contribution in [2.75, 3.05) is 7.11 Å². The van der Waals surface area contributed by atoms with Crippen molar-refractivity contribution in [3.05, 3.63) is 35.4 Å².